The molecular weight excluding hydrogens is 460 g/mol. The number of nitrogens with zero attached hydrogens (tertiary/aromatic N) is 3. The summed E-state index contributed by atoms with van der Waals surface area (Å²) >= 11 is 12.0. The molecule has 0 saturated carbocycles. The molecule has 0 aliphatic carbocycles. The van der Waals surface area contributed by atoms with Gasteiger partial charge in [-0.2, -0.15) is 0 Å². The fraction of sp³-hybridized carbons (Fsp3) is 0.375. The Kier molecular flexibility index (Phi) is 6.09. The van der Waals surface area contributed by atoms with Gasteiger partial charge in [-0.25, -0.2) is 4.99 Å². The highest BCUT2D eigenvalue weighted by Crippen LogP contribution is 2.32. The van der Waals surface area contributed by atoms with E-state index in [0.29, 0.717) is 42.2 Å². The summed E-state index contributed by atoms with van der Waals surface area (Å²) in [6, 6.07) is 15.3. The van der Waals surface area contributed by atoms with Gasteiger partial charge in [0, 0.05) is 49.1 Å². The van der Waals surface area contributed by atoms with Gasteiger partial charge in [-0.1, -0.05) is 41.9 Å². The van der Waals surface area contributed by atoms with E-state index < -0.39 is 12.0 Å². The molecule has 5 rings (SSSR count). The van der Waals surface area contributed by atoms with Crippen LogP contribution in [0.4, 0.5) is 5.69 Å². The predicted octanol–water partition coefficient (Wildman–Crippen LogP) is 3.19. The largest absolute Gasteiger partial charge is 0.349 e. The van der Waals surface area contributed by atoms with Crippen molar-refractivity contribution in [3.63, 3.8) is 0 Å². The monoisotopic (exact) mass is 484 g/mol. The number of halogens is 1. The van der Waals surface area contributed by atoms with Crippen LogP contribution < -0.4 is 10.2 Å². The second kappa shape index (κ2) is 9.02. The zero-order valence-electron chi connectivity index (χ0n) is 18.3. The number of rotatable bonds is 2. The quantitative estimate of drug-likeness (QED) is 0.660. The van der Waals surface area contributed by atoms with Gasteiger partial charge >= 0.3 is 0 Å². The zero-order chi connectivity index (χ0) is 23.0. The van der Waals surface area contributed by atoms with Crippen molar-refractivity contribution in [1.82, 2.24) is 10.2 Å². The summed E-state index contributed by atoms with van der Waals surface area (Å²) in [6.45, 7) is 2.64. The van der Waals surface area contributed by atoms with Gasteiger partial charge < -0.3 is 24.6 Å². The van der Waals surface area contributed by atoms with E-state index >= 15 is 0 Å². The molecule has 2 fully saturated rings. The maximum Gasteiger partial charge on any atom is 0.272 e. The van der Waals surface area contributed by atoms with E-state index in [0.717, 1.165) is 29.7 Å². The molecule has 3 aliphatic rings. The first kappa shape index (κ1) is 22.3. The highest BCUT2D eigenvalue weighted by atomic mass is 35.5. The number of likely N-dealkylation sites (N-methyl/N-ethyl adjacent to an activating group) is 1. The molecule has 3 aliphatic heterocycles. The first-order valence-electron chi connectivity index (χ1n) is 11.0. The molecule has 0 radical (unpaired) electrons. The summed E-state index contributed by atoms with van der Waals surface area (Å²) in [6.07, 6.45) is 0.602. The fourth-order valence-corrected chi connectivity index (χ4v) is 4.98. The summed E-state index contributed by atoms with van der Waals surface area (Å²) in [5.41, 5.74) is 3.14. The molecule has 3 heterocycles. The standard InChI is InChI=1S/C24H25ClN4O3S/c1-28-19-8-7-17(25)15-18(19)20(16-5-3-2-4-6-16)26-21(22(28)30)27-23(33)29-11-9-24(10-12-29)31-13-14-32-24/h2-8,15,21H,9-14H2,1H3,(H,27,33). The Morgan fingerprint density at radius 3 is 2.55 bits per heavy atom. The number of piperidine rings is 1. The van der Waals surface area contributed by atoms with Crippen molar-refractivity contribution in [2.45, 2.75) is 24.8 Å². The van der Waals surface area contributed by atoms with Gasteiger partial charge in [-0.3, -0.25) is 4.79 Å². The second-order valence-electron chi connectivity index (χ2n) is 8.35. The van der Waals surface area contributed by atoms with Gasteiger partial charge in [0.25, 0.3) is 5.91 Å². The molecule has 2 saturated heterocycles. The van der Waals surface area contributed by atoms with E-state index in [-0.39, 0.29) is 5.91 Å². The number of fused-ring (bicyclic) bond motifs is 1. The molecule has 1 spiro atoms. The van der Waals surface area contributed by atoms with Crippen molar-refractivity contribution < 1.29 is 14.3 Å². The van der Waals surface area contributed by atoms with Crippen LogP contribution in [0.3, 0.4) is 0 Å². The van der Waals surface area contributed by atoms with Crippen molar-refractivity contribution in [2.24, 2.45) is 4.99 Å². The third kappa shape index (κ3) is 4.36. The number of carbonyl (C=O) groups is 1. The highest BCUT2D eigenvalue weighted by Gasteiger charge is 2.41. The minimum absolute atomic E-state index is 0.192. The van der Waals surface area contributed by atoms with E-state index in [2.05, 4.69) is 5.32 Å². The average Bonchev–Trinajstić information content (AvgIpc) is 3.25. The molecule has 33 heavy (non-hydrogen) atoms. The Bertz CT molecular complexity index is 1090. The third-order valence-corrected chi connectivity index (χ3v) is 6.94. The maximum absolute atomic E-state index is 13.4. The molecule has 1 unspecified atom stereocenters. The molecule has 0 aromatic heterocycles. The van der Waals surface area contributed by atoms with Crippen LogP contribution in [-0.4, -0.2) is 66.9 Å². The molecule has 9 heteroatoms. The predicted molar refractivity (Wildman–Crippen MR) is 132 cm³/mol. The van der Waals surface area contributed by atoms with E-state index in [1.54, 1.807) is 18.0 Å². The number of benzene rings is 2. The van der Waals surface area contributed by atoms with Crippen LogP contribution in [0.1, 0.15) is 24.0 Å². The summed E-state index contributed by atoms with van der Waals surface area (Å²) in [5, 5.41) is 4.28. The van der Waals surface area contributed by atoms with Gasteiger partial charge in [0.2, 0.25) is 6.17 Å². The number of benzodiazepines with no additional fused rings is 1. The van der Waals surface area contributed by atoms with E-state index in [1.807, 2.05) is 47.4 Å². The minimum Gasteiger partial charge on any atom is -0.349 e. The van der Waals surface area contributed by atoms with Crippen molar-refractivity contribution in [3.8, 4) is 0 Å². The number of nitrogens with one attached hydrogen (secondary N) is 1. The van der Waals surface area contributed by atoms with Crippen molar-refractivity contribution in [2.75, 3.05) is 38.3 Å². The van der Waals surface area contributed by atoms with Crippen LogP contribution in [0.2, 0.25) is 5.02 Å². The molecule has 172 valence electrons. The van der Waals surface area contributed by atoms with Crippen molar-refractivity contribution in [1.29, 1.82) is 0 Å². The first-order valence-corrected chi connectivity index (χ1v) is 11.8. The number of anilines is 1. The number of hydrogen-bond donors (Lipinski definition) is 1. The van der Waals surface area contributed by atoms with E-state index in [9.17, 15) is 4.79 Å². The third-order valence-electron chi connectivity index (χ3n) is 6.33. The lowest BCUT2D eigenvalue weighted by Gasteiger charge is -2.39. The van der Waals surface area contributed by atoms with Gasteiger partial charge in [0.1, 0.15) is 0 Å². The van der Waals surface area contributed by atoms with Crippen molar-refractivity contribution >= 4 is 46.2 Å². The Hall–Kier alpha value is -2.52. The lowest BCUT2D eigenvalue weighted by Crippen LogP contribution is -2.54. The second-order valence-corrected chi connectivity index (χ2v) is 9.17. The minimum atomic E-state index is -0.862. The van der Waals surface area contributed by atoms with Gasteiger partial charge in [-0.15, -0.1) is 0 Å². The zero-order valence-corrected chi connectivity index (χ0v) is 19.9. The summed E-state index contributed by atoms with van der Waals surface area (Å²) < 4.78 is 11.6. The topological polar surface area (TPSA) is 66.4 Å². The molecule has 1 amide bonds. The molecule has 7 nitrogen and oxygen atoms in total. The summed E-state index contributed by atoms with van der Waals surface area (Å²) in [7, 11) is 1.75. The van der Waals surface area contributed by atoms with Gasteiger partial charge in [0.05, 0.1) is 24.6 Å². The number of amides is 1. The van der Waals surface area contributed by atoms with Crippen LogP contribution >= 0.6 is 23.8 Å². The average molecular weight is 485 g/mol. The smallest absolute Gasteiger partial charge is 0.272 e. The van der Waals surface area contributed by atoms with Crippen LogP contribution in [0.25, 0.3) is 0 Å². The summed E-state index contributed by atoms with van der Waals surface area (Å²) in [5.74, 6) is -0.674. The lowest BCUT2D eigenvalue weighted by atomic mass is 10.0. The van der Waals surface area contributed by atoms with E-state index in [1.165, 1.54) is 0 Å². The number of carbonyl (C=O) groups excluding carboxylic acids is 1. The van der Waals surface area contributed by atoms with Crippen LogP contribution in [0.5, 0.6) is 0 Å². The number of ether oxygens (including phenoxy) is 2. The van der Waals surface area contributed by atoms with Crippen molar-refractivity contribution in [3.05, 3.63) is 64.7 Å². The number of aliphatic imine (C=N–C) groups is 1. The molecular formula is C24H25ClN4O3S. The van der Waals surface area contributed by atoms with Crippen LogP contribution in [-0.2, 0) is 14.3 Å². The Morgan fingerprint density at radius 1 is 1.15 bits per heavy atom. The maximum atomic E-state index is 13.4. The Balaban J connectivity index is 1.43. The van der Waals surface area contributed by atoms with Gasteiger partial charge in [-0.05, 0) is 30.4 Å². The number of hydrogen-bond acceptors (Lipinski definition) is 5. The van der Waals surface area contributed by atoms with Gasteiger partial charge in [0.15, 0.2) is 10.9 Å². The lowest BCUT2D eigenvalue weighted by molar-refractivity contribution is -0.180. The van der Waals surface area contributed by atoms with Crippen LogP contribution in [0.15, 0.2) is 53.5 Å². The first-order chi connectivity index (χ1) is 16.0. The number of likely N-dealkylation sites (tertiary alicyclic amines) is 1. The van der Waals surface area contributed by atoms with E-state index in [4.69, 9.17) is 38.3 Å². The molecule has 2 aromatic carbocycles. The Labute approximate surface area is 203 Å². The molecule has 1 N–H and O–H groups in total. The Morgan fingerprint density at radius 2 is 1.85 bits per heavy atom. The van der Waals surface area contributed by atoms with Crippen LogP contribution in [0, 0.1) is 0 Å². The highest BCUT2D eigenvalue weighted by molar-refractivity contribution is 7.80. The molecule has 0 bridgehead atoms. The fourth-order valence-electron chi connectivity index (χ4n) is 4.51. The number of thiocarbonyl (C=S) groups is 1. The summed E-state index contributed by atoms with van der Waals surface area (Å²) in [4.78, 5) is 21.9. The molecule has 1 atom stereocenters. The normalized spacial score (nSPS) is 22.1. The SMILES string of the molecule is CN1C(=O)C(NC(=S)N2CCC3(CC2)OCCO3)N=C(c2ccccc2)c2cc(Cl)ccc21. The molecule has 2 aromatic rings.